The molecular formula is C18H14FNO5. The lowest BCUT2D eigenvalue weighted by Crippen LogP contribution is -2.23. The van der Waals surface area contributed by atoms with Crippen LogP contribution >= 0.6 is 0 Å². The number of ether oxygens (including phenoxy) is 1. The van der Waals surface area contributed by atoms with Crippen LogP contribution in [0.1, 0.15) is 22.8 Å². The van der Waals surface area contributed by atoms with Crippen molar-refractivity contribution >= 4 is 23.5 Å². The molecule has 0 N–H and O–H groups in total. The number of ketones is 1. The molecule has 0 aromatic heterocycles. The average Bonchev–Trinajstić information content (AvgIpc) is 2.60. The van der Waals surface area contributed by atoms with Gasteiger partial charge in [-0.2, -0.15) is 0 Å². The fourth-order valence-corrected chi connectivity index (χ4v) is 1.99. The molecule has 2 aromatic rings. The molecule has 0 aliphatic rings. The lowest BCUT2D eigenvalue weighted by molar-refractivity contribution is -0.384. The van der Waals surface area contributed by atoms with Gasteiger partial charge in [-0.15, -0.1) is 0 Å². The largest absolute Gasteiger partial charge is 0.451 e. The number of nitro benzene ring substituents is 1. The first-order valence-electron chi connectivity index (χ1n) is 7.30. The van der Waals surface area contributed by atoms with Gasteiger partial charge in [-0.3, -0.25) is 14.9 Å². The van der Waals surface area contributed by atoms with Crippen molar-refractivity contribution in [3.05, 3.63) is 81.7 Å². The molecule has 0 unspecified atom stereocenters. The molecule has 0 aliphatic carbocycles. The summed E-state index contributed by atoms with van der Waals surface area (Å²) in [5, 5.41) is 10.6. The number of carbonyl (C=O) groups is 2. The lowest BCUT2D eigenvalue weighted by Gasteiger charge is -2.10. The molecule has 0 spiro atoms. The quantitative estimate of drug-likeness (QED) is 0.263. The van der Waals surface area contributed by atoms with Crippen LogP contribution in [0.4, 0.5) is 10.1 Å². The summed E-state index contributed by atoms with van der Waals surface area (Å²) in [6.45, 7) is 1.42. The van der Waals surface area contributed by atoms with E-state index in [0.717, 1.165) is 18.2 Å². The van der Waals surface area contributed by atoms with Gasteiger partial charge in [0.15, 0.2) is 6.10 Å². The van der Waals surface area contributed by atoms with Crippen LogP contribution in [0, 0.1) is 15.9 Å². The number of non-ortho nitro benzene ring substituents is 1. The van der Waals surface area contributed by atoms with Gasteiger partial charge in [0.25, 0.3) is 5.69 Å². The van der Waals surface area contributed by atoms with Crippen LogP contribution in [-0.4, -0.2) is 22.8 Å². The SMILES string of the molecule is C[C@@H](OC(=O)/C=C/c1ccc([N+](=O)[O-])cc1)C(=O)c1ccc(F)cc1. The summed E-state index contributed by atoms with van der Waals surface area (Å²) in [7, 11) is 0. The fraction of sp³-hybridized carbons (Fsp3) is 0.111. The fourth-order valence-electron chi connectivity index (χ4n) is 1.99. The Hall–Kier alpha value is -3.35. The number of halogens is 1. The summed E-state index contributed by atoms with van der Waals surface area (Å²) in [5.74, 6) is -1.65. The Morgan fingerprint density at radius 1 is 1.12 bits per heavy atom. The van der Waals surface area contributed by atoms with Crippen molar-refractivity contribution in [3.63, 3.8) is 0 Å². The van der Waals surface area contributed by atoms with Crippen LogP contribution in [0.5, 0.6) is 0 Å². The van der Waals surface area contributed by atoms with Crippen LogP contribution < -0.4 is 0 Å². The third kappa shape index (κ3) is 5.07. The van der Waals surface area contributed by atoms with Gasteiger partial charge in [-0.1, -0.05) is 0 Å². The standard InChI is InChI=1S/C18H14FNO5/c1-12(18(22)14-5-7-15(19)8-6-14)25-17(21)11-4-13-2-9-16(10-3-13)20(23)24/h2-12H,1H3/b11-4+/t12-/m1/s1. The number of esters is 1. The molecular weight excluding hydrogens is 329 g/mol. The maximum atomic E-state index is 12.8. The zero-order valence-corrected chi connectivity index (χ0v) is 13.2. The van der Waals surface area contributed by atoms with Crippen molar-refractivity contribution in [1.82, 2.24) is 0 Å². The smallest absolute Gasteiger partial charge is 0.331 e. The molecule has 1 atom stereocenters. The molecule has 0 amide bonds. The molecule has 2 rings (SSSR count). The maximum absolute atomic E-state index is 12.8. The zero-order valence-electron chi connectivity index (χ0n) is 13.2. The number of benzene rings is 2. The minimum atomic E-state index is -1.03. The van der Waals surface area contributed by atoms with Gasteiger partial charge in [0, 0.05) is 23.8 Å². The molecule has 0 saturated heterocycles. The second-order valence-corrected chi connectivity index (χ2v) is 5.13. The van der Waals surface area contributed by atoms with E-state index in [9.17, 15) is 24.1 Å². The number of nitro groups is 1. The maximum Gasteiger partial charge on any atom is 0.331 e. The molecule has 0 bridgehead atoms. The van der Waals surface area contributed by atoms with Crippen molar-refractivity contribution in [2.24, 2.45) is 0 Å². The highest BCUT2D eigenvalue weighted by molar-refractivity contribution is 6.01. The minimum Gasteiger partial charge on any atom is -0.451 e. The van der Waals surface area contributed by atoms with Crippen molar-refractivity contribution in [2.45, 2.75) is 13.0 Å². The molecule has 0 heterocycles. The zero-order chi connectivity index (χ0) is 18.4. The summed E-state index contributed by atoms with van der Waals surface area (Å²) >= 11 is 0. The predicted octanol–water partition coefficient (Wildman–Crippen LogP) is 3.56. The molecule has 128 valence electrons. The van der Waals surface area contributed by atoms with Crippen molar-refractivity contribution in [1.29, 1.82) is 0 Å². The Morgan fingerprint density at radius 3 is 2.28 bits per heavy atom. The van der Waals surface area contributed by atoms with Crippen LogP contribution in [0.25, 0.3) is 6.08 Å². The summed E-state index contributed by atoms with van der Waals surface area (Å²) in [5.41, 5.74) is 0.749. The summed E-state index contributed by atoms with van der Waals surface area (Å²) in [6.07, 6.45) is 1.51. The summed E-state index contributed by atoms with van der Waals surface area (Å²) in [6, 6.07) is 10.5. The highest BCUT2D eigenvalue weighted by atomic mass is 19.1. The number of carbonyl (C=O) groups excluding carboxylic acids is 2. The number of rotatable bonds is 6. The van der Waals surface area contributed by atoms with E-state index in [4.69, 9.17) is 4.74 Å². The minimum absolute atomic E-state index is 0.0572. The molecule has 2 aromatic carbocycles. The van der Waals surface area contributed by atoms with Crippen LogP contribution in [0.3, 0.4) is 0 Å². The van der Waals surface area contributed by atoms with E-state index in [-0.39, 0.29) is 11.3 Å². The normalized spacial score (nSPS) is 11.9. The first-order chi connectivity index (χ1) is 11.9. The second kappa shape index (κ2) is 7.96. The van der Waals surface area contributed by atoms with E-state index in [1.54, 1.807) is 0 Å². The van der Waals surface area contributed by atoms with Crippen LogP contribution in [0.15, 0.2) is 54.6 Å². The van der Waals surface area contributed by atoms with Gasteiger partial charge in [0.05, 0.1) is 4.92 Å². The Bertz CT molecular complexity index is 812. The van der Waals surface area contributed by atoms with E-state index >= 15 is 0 Å². The van der Waals surface area contributed by atoms with Crippen LogP contribution in [0.2, 0.25) is 0 Å². The third-order valence-electron chi connectivity index (χ3n) is 3.31. The van der Waals surface area contributed by atoms with Crippen molar-refractivity contribution in [2.75, 3.05) is 0 Å². The summed E-state index contributed by atoms with van der Waals surface area (Å²) < 4.78 is 17.9. The molecule has 0 radical (unpaired) electrons. The van der Waals surface area contributed by atoms with Gasteiger partial charge < -0.3 is 4.74 Å². The highest BCUT2D eigenvalue weighted by Gasteiger charge is 2.18. The topological polar surface area (TPSA) is 86.5 Å². The molecule has 0 aliphatic heterocycles. The van der Waals surface area contributed by atoms with Crippen LogP contribution in [-0.2, 0) is 9.53 Å². The van der Waals surface area contributed by atoms with Gasteiger partial charge >= 0.3 is 5.97 Å². The number of hydrogen-bond acceptors (Lipinski definition) is 5. The number of Topliss-reactive ketones (excluding diaryl/α,β-unsaturated/α-hetero) is 1. The third-order valence-corrected chi connectivity index (χ3v) is 3.31. The first-order valence-corrected chi connectivity index (χ1v) is 7.30. The molecule has 7 heteroatoms. The molecule has 0 fully saturated rings. The van der Waals surface area contributed by atoms with E-state index in [0.29, 0.717) is 5.56 Å². The van der Waals surface area contributed by atoms with Gasteiger partial charge in [0.2, 0.25) is 5.78 Å². The van der Waals surface area contributed by atoms with E-state index in [2.05, 4.69) is 0 Å². The predicted molar refractivity (Wildman–Crippen MR) is 88.4 cm³/mol. The Balaban J connectivity index is 1.95. The average molecular weight is 343 g/mol. The number of nitrogens with zero attached hydrogens (tertiary/aromatic N) is 1. The van der Waals surface area contributed by atoms with Crippen molar-refractivity contribution in [3.8, 4) is 0 Å². The molecule has 0 saturated carbocycles. The van der Waals surface area contributed by atoms with E-state index in [1.807, 2.05) is 0 Å². The van der Waals surface area contributed by atoms with Gasteiger partial charge in [-0.25, -0.2) is 9.18 Å². The second-order valence-electron chi connectivity index (χ2n) is 5.13. The molecule has 25 heavy (non-hydrogen) atoms. The summed E-state index contributed by atoms with van der Waals surface area (Å²) in [4.78, 5) is 33.9. The van der Waals surface area contributed by atoms with Gasteiger partial charge in [0.1, 0.15) is 5.82 Å². The highest BCUT2D eigenvalue weighted by Crippen LogP contribution is 2.13. The number of hydrogen-bond donors (Lipinski definition) is 0. The van der Waals surface area contributed by atoms with E-state index in [1.165, 1.54) is 49.4 Å². The lowest BCUT2D eigenvalue weighted by atomic mass is 10.1. The van der Waals surface area contributed by atoms with Gasteiger partial charge in [-0.05, 0) is 55.0 Å². The Labute approximate surface area is 142 Å². The van der Waals surface area contributed by atoms with E-state index < -0.39 is 28.6 Å². The Morgan fingerprint density at radius 2 is 1.72 bits per heavy atom. The molecule has 6 nitrogen and oxygen atoms in total. The Kier molecular flexibility index (Phi) is 5.73. The first kappa shape index (κ1) is 18.0. The monoisotopic (exact) mass is 343 g/mol. The van der Waals surface area contributed by atoms with Crippen molar-refractivity contribution < 1.29 is 23.6 Å².